The summed E-state index contributed by atoms with van der Waals surface area (Å²) in [5.41, 5.74) is 1.16. The smallest absolute Gasteiger partial charge is 0.252 e. The van der Waals surface area contributed by atoms with Gasteiger partial charge in [-0.15, -0.1) is 0 Å². The summed E-state index contributed by atoms with van der Waals surface area (Å²) in [6, 6.07) is 11.9. The van der Waals surface area contributed by atoms with E-state index in [2.05, 4.69) is 10.2 Å². The molecule has 0 spiro atoms. The zero-order valence-electron chi connectivity index (χ0n) is 16.5. The highest BCUT2D eigenvalue weighted by Gasteiger charge is 2.27. The van der Waals surface area contributed by atoms with E-state index in [4.69, 9.17) is 16.3 Å². The molecule has 1 aliphatic heterocycles. The fourth-order valence-corrected chi connectivity index (χ4v) is 4.47. The van der Waals surface area contributed by atoms with Gasteiger partial charge in [0.25, 0.3) is 5.91 Å². The van der Waals surface area contributed by atoms with Gasteiger partial charge in [-0.05, 0) is 50.2 Å². The molecule has 0 radical (unpaired) electrons. The minimum Gasteiger partial charge on any atom is -0.496 e. The van der Waals surface area contributed by atoms with Gasteiger partial charge in [-0.25, -0.2) is 8.42 Å². The first-order chi connectivity index (χ1) is 13.8. The Morgan fingerprint density at radius 2 is 1.90 bits per heavy atom. The van der Waals surface area contributed by atoms with Crippen molar-refractivity contribution >= 4 is 27.3 Å². The van der Waals surface area contributed by atoms with E-state index in [-0.39, 0.29) is 21.5 Å². The Morgan fingerprint density at radius 1 is 1.21 bits per heavy atom. The summed E-state index contributed by atoms with van der Waals surface area (Å²) in [6.07, 6.45) is 3.33. The quantitative estimate of drug-likeness (QED) is 0.720. The van der Waals surface area contributed by atoms with Crippen molar-refractivity contribution in [1.29, 1.82) is 0 Å². The molecule has 0 aromatic heterocycles. The number of para-hydroxylation sites is 1. The Hall–Kier alpha value is -2.09. The molecule has 2 aromatic rings. The molecule has 1 amide bonds. The minimum absolute atomic E-state index is 0.0468. The SMILES string of the molecule is COc1ccccc1[C@H](CNC(=O)c1cc(S(C)(=O)=O)ccc1Cl)N1CCCC1. The van der Waals surface area contributed by atoms with Gasteiger partial charge in [-0.1, -0.05) is 29.8 Å². The van der Waals surface area contributed by atoms with Crippen LogP contribution in [0.5, 0.6) is 5.75 Å². The van der Waals surface area contributed by atoms with E-state index in [1.165, 1.54) is 18.2 Å². The molecule has 3 rings (SSSR count). The molecule has 156 valence electrons. The van der Waals surface area contributed by atoms with Crippen molar-refractivity contribution in [1.82, 2.24) is 10.2 Å². The molecule has 0 aliphatic carbocycles. The third kappa shape index (κ3) is 5.10. The van der Waals surface area contributed by atoms with Gasteiger partial charge in [0.15, 0.2) is 9.84 Å². The number of methoxy groups -OCH3 is 1. The third-order valence-corrected chi connectivity index (χ3v) is 6.59. The molecular weight excluding hydrogens is 412 g/mol. The summed E-state index contributed by atoms with van der Waals surface area (Å²) in [5, 5.41) is 3.14. The van der Waals surface area contributed by atoms with E-state index in [0.29, 0.717) is 6.54 Å². The van der Waals surface area contributed by atoms with Gasteiger partial charge in [0.2, 0.25) is 0 Å². The number of halogens is 1. The lowest BCUT2D eigenvalue weighted by Crippen LogP contribution is -2.37. The van der Waals surface area contributed by atoms with Crippen LogP contribution in [0.4, 0.5) is 0 Å². The van der Waals surface area contributed by atoms with E-state index in [1.54, 1.807) is 7.11 Å². The summed E-state index contributed by atoms with van der Waals surface area (Å²) < 4.78 is 29.2. The van der Waals surface area contributed by atoms with Gasteiger partial charge >= 0.3 is 0 Å². The molecule has 6 nitrogen and oxygen atoms in total. The summed E-state index contributed by atoms with van der Waals surface area (Å²) >= 11 is 6.16. The predicted octanol–water partition coefficient (Wildman–Crippen LogP) is 3.32. The van der Waals surface area contributed by atoms with E-state index < -0.39 is 15.7 Å². The van der Waals surface area contributed by atoms with Crippen LogP contribution < -0.4 is 10.1 Å². The second-order valence-corrected chi connectivity index (χ2v) is 9.55. The topological polar surface area (TPSA) is 75.7 Å². The number of benzene rings is 2. The number of nitrogens with one attached hydrogen (secondary N) is 1. The molecule has 1 aliphatic rings. The number of hydrogen-bond donors (Lipinski definition) is 1. The number of amides is 1. The normalized spacial score (nSPS) is 15.8. The van der Waals surface area contributed by atoms with Crippen molar-refractivity contribution < 1.29 is 17.9 Å². The largest absolute Gasteiger partial charge is 0.496 e. The maximum Gasteiger partial charge on any atom is 0.252 e. The van der Waals surface area contributed by atoms with E-state index >= 15 is 0 Å². The number of ether oxygens (including phenoxy) is 1. The Labute approximate surface area is 176 Å². The molecule has 1 saturated heterocycles. The second kappa shape index (κ2) is 9.15. The van der Waals surface area contributed by atoms with Crippen LogP contribution in [0.1, 0.15) is 34.8 Å². The van der Waals surface area contributed by atoms with Crippen molar-refractivity contribution in [2.75, 3.05) is 33.0 Å². The highest BCUT2D eigenvalue weighted by atomic mass is 35.5. The zero-order chi connectivity index (χ0) is 21.0. The average molecular weight is 437 g/mol. The van der Waals surface area contributed by atoms with Gasteiger partial charge < -0.3 is 10.1 Å². The lowest BCUT2D eigenvalue weighted by atomic mass is 10.0. The van der Waals surface area contributed by atoms with Crippen LogP contribution in [0.3, 0.4) is 0 Å². The van der Waals surface area contributed by atoms with Crippen molar-refractivity contribution in [3.63, 3.8) is 0 Å². The summed E-state index contributed by atoms with van der Waals surface area (Å²) in [6.45, 7) is 2.25. The van der Waals surface area contributed by atoms with Crippen LogP contribution >= 0.6 is 11.6 Å². The van der Waals surface area contributed by atoms with Crippen LogP contribution in [-0.2, 0) is 9.84 Å². The first-order valence-electron chi connectivity index (χ1n) is 9.46. The van der Waals surface area contributed by atoms with Gasteiger partial charge in [0.1, 0.15) is 5.75 Å². The second-order valence-electron chi connectivity index (χ2n) is 7.12. The van der Waals surface area contributed by atoms with E-state index in [1.807, 2.05) is 24.3 Å². The molecule has 29 heavy (non-hydrogen) atoms. The van der Waals surface area contributed by atoms with Gasteiger partial charge in [0.05, 0.1) is 28.6 Å². The highest BCUT2D eigenvalue weighted by Crippen LogP contribution is 2.31. The Morgan fingerprint density at radius 3 is 2.55 bits per heavy atom. The number of hydrogen-bond acceptors (Lipinski definition) is 5. The highest BCUT2D eigenvalue weighted by molar-refractivity contribution is 7.90. The first kappa shape index (κ1) is 21.6. The zero-order valence-corrected chi connectivity index (χ0v) is 18.1. The molecule has 1 heterocycles. The number of likely N-dealkylation sites (tertiary alicyclic amines) is 1. The van der Waals surface area contributed by atoms with E-state index in [0.717, 1.165) is 43.5 Å². The first-order valence-corrected chi connectivity index (χ1v) is 11.7. The number of sulfone groups is 1. The molecule has 0 bridgehead atoms. The molecule has 0 saturated carbocycles. The Bertz CT molecular complexity index is 988. The van der Waals surface area contributed by atoms with Crippen molar-refractivity contribution in [3.8, 4) is 5.75 Å². The number of nitrogens with zero attached hydrogens (tertiary/aromatic N) is 1. The number of rotatable bonds is 7. The molecule has 0 unspecified atom stereocenters. The summed E-state index contributed by atoms with van der Waals surface area (Å²) in [7, 11) is -1.80. The van der Waals surface area contributed by atoms with Crippen LogP contribution in [0, 0.1) is 0 Å². The van der Waals surface area contributed by atoms with Crippen LogP contribution in [0.25, 0.3) is 0 Å². The standard InChI is InChI=1S/C21H25ClN2O4S/c1-28-20-8-4-3-7-16(20)19(24-11-5-6-12-24)14-23-21(25)17-13-15(29(2,26)27)9-10-18(17)22/h3-4,7-10,13,19H,5-6,11-12,14H2,1-2H3,(H,23,25)/t19-/m0/s1. The number of carbonyl (C=O) groups excluding carboxylic acids is 1. The monoisotopic (exact) mass is 436 g/mol. The van der Waals surface area contributed by atoms with Gasteiger partial charge in [-0.2, -0.15) is 0 Å². The molecular formula is C21H25ClN2O4S. The molecule has 2 aromatic carbocycles. The van der Waals surface area contributed by atoms with Crippen LogP contribution in [0.2, 0.25) is 5.02 Å². The van der Waals surface area contributed by atoms with Gasteiger partial charge in [-0.3, -0.25) is 9.69 Å². The minimum atomic E-state index is -3.44. The summed E-state index contributed by atoms with van der Waals surface area (Å²) in [5.74, 6) is 0.371. The van der Waals surface area contributed by atoms with Crippen molar-refractivity contribution in [2.45, 2.75) is 23.8 Å². The molecule has 1 fully saturated rings. The molecule has 1 atom stereocenters. The fraction of sp³-hybridized carbons (Fsp3) is 0.381. The van der Waals surface area contributed by atoms with Crippen LogP contribution in [0.15, 0.2) is 47.4 Å². The lowest BCUT2D eigenvalue weighted by Gasteiger charge is -2.29. The molecule has 1 N–H and O–H groups in total. The summed E-state index contributed by atoms with van der Waals surface area (Å²) in [4.78, 5) is 15.2. The predicted molar refractivity (Wildman–Crippen MR) is 113 cm³/mol. The van der Waals surface area contributed by atoms with Gasteiger partial charge in [0, 0.05) is 18.4 Å². The Balaban J connectivity index is 1.84. The average Bonchev–Trinajstić information content (AvgIpc) is 3.22. The van der Waals surface area contributed by atoms with Crippen molar-refractivity contribution in [2.24, 2.45) is 0 Å². The maximum atomic E-state index is 12.8. The fourth-order valence-electron chi connectivity index (χ4n) is 3.62. The maximum absolute atomic E-state index is 12.8. The number of carbonyl (C=O) groups is 1. The Kier molecular flexibility index (Phi) is 6.82. The van der Waals surface area contributed by atoms with E-state index in [9.17, 15) is 13.2 Å². The third-order valence-electron chi connectivity index (χ3n) is 5.15. The molecule has 8 heteroatoms. The van der Waals surface area contributed by atoms with Crippen molar-refractivity contribution in [3.05, 3.63) is 58.6 Å². The lowest BCUT2D eigenvalue weighted by molar-refractivity contribution is 0.0937. The van der Waals surface area contributed by atoms with Crippen LogP contribution in [-0.4, -0.2) is 52.2 Å².